The van der Waals surface area contributed by atoms with Crippen LogP contribution in [0.1, 0.15) is 33.6 Å². The Morgan fingerprint density at radius 3 is 2.27 bits per heavy atom. The van der Waals surface area contributed by atoms with Gasteiger partial charge >= 0.3 is 6.18 Å². The highest BCUT2D eigenvalue weighted by atomic mass is 19.4. The number of alkyl halides is 3. The van der Waals surface area contributed by atoms with Crippen molar-refractivity contribution >= 4 is 0 Å². The van der Waals surface area contributed by atoms with Crippen molar-refractivity contribution in [3.8, 4) is 0 Å². The van der Waals surface area contributed by atoms with E-state index in [0.29, 0.717) is 18.8 Å². The number of rotatable bonds is 2. The van der Waals surface area contributed by atoms with E-state index < -0.39 is 12.1 Å². The van der Waals surface area contributed by atoms with E-state index in [2.05, 4.69) is 13.8 Å². The van der Waals surface area contributed by atoms with Crippen LogP contribution in [0.5, 0.6) is 0 Å². The van der Waals surface area contributed by atoms with E-state index in [1.165, 1.54) is 0 Å². The summed E-state index contributed by atoms with van der Waals surface area (Å²) in [5.41, 5.74) is 0. The van der Waals surface area contributed by atoms with Crippen LogP contribution < -0.4 is 0 Å². The lowest BCUT2D eigenvalue weighted by molar-refractivity contribution is -0.189. The van der Waals surface area contributed by atoms with Crippen LogP contribution in [0, 0.1) is 11.8 Å². The van der Waals surface area contributed by atoms with Gasteiger partial charge in [-0.05, 0) is 32.2 Å². The van der Waals surface area contributed by atoms with Gasteiger partial charge in [0.1, 0.15) is 0 Å². The minimum Gasteiger partial charge on any atom is -0.300 e. The Kier molecular flexibility index (Phi) is 4.04. The quantitative estimate of drug-likeness (QED) is 0.694. The summed E-state index contributed by atoms with van der Waals surface area (Å²) in [6, 6.07) is 0.246. The molecule has 0 radical (unpaired) electrons. The van der Waals surface area contributed by atoms with Crippen molar-refractivity contribution < 1.29 is 13.2 Å². The molecule has 4 heteroatoms. The van der Waals surface area contributed by atoms with Crippen LogP contribution in [0.15, 0.2) is 0 Å². The van der Waals surface area contributed by atoms with Crippen molar-refractivity contribution in [2.24, 2.45) is 11.8 Å². The molecule has 90 valence electrons. The summed E-state index contributed by atoms with van der Waals surface area (Å²) in [6.45, 7) is 7.13. The minimum absolute atomic E-state index is 0.183. The highest BCUT2D eigenvalue weighted by Gasteiger charge is 2.42. The van der Waals surface area contributed by atoms with Gasteiger partial charge in [0.05, 0.1) is 5.92 Å². The van der Waals surface area contributed by atoms with Crippen LogP contribution in [0.4, 0.5) is 13.2 Å². The van der Waals surface area contributed by atoms with Crippen molar-refractivity contribution in [3.05, 3.63) is 0 Å². The predicted octanol–water partition coefficient (Wildman–Crippen LogP) is 3.31. The third-order valence-electron chi connectivity index (χ3n) is 3.46. The van der Waals surface area contributed by atoms with Gasteiger partial charge in [-0.1, -0.05) is 13.8 Å². The minimum atomic E-state index is -4.02. The van der Waals surface area contributed by atoms with Crippen LogP contribution in [-0.2, 0) is 0 Å². The SMILES string of the molecule is CC(C)[C@H](C)N1CCC[C@H](C(F)(F)F)C1. The smallest absolute Gasteiger partial charge is 0.300 e. The zero-order valence-corrected chi connectivity index (χ0v) is 9.64. The van der Waals surface area contributed by atoms with Crippen molar-refractivity contribution in [1.82, 2.24) is 4.90 Å². The fraction of sp³-hybridized carbons (Fsp3) is 1.00. The largest absolute Gasteiger partial charge is 0.393 e. The molecule has 0 amide bonds. The van der Waals surface area contributed by atoms with Crippen molar-refractivity contribution in [2.75, 3.05) is 13.1 Å². The van der Waals surface area contributed by atoms with Crippen LogP contribution in [0.25, 0.3) is 0 Å². The van der Waals surface area contributed by atoms with Crippen molar-refractivity contribution in [2.45, 2.75) is 45.8 Å². The lowest BCUT2D eigenvalue weighted by Crippen LogP contribution is -2.47. The Morgan fingerprint density at radius 2 is 1.80 bits per heavy atom. The predicted molar refractivity (Wildman–Crippen MR) is 54.7 cm³/mol. The molecule has 1 rings (SSSR count). The molecule has 0 aromatic carbocycles. The van der Waals surface area contributed by atoms with Gasteiger partial charge in [0.15, 0.2) is 0 Å². The average molecular weight is 223 g/mol. The van der Waals surface area contributed by atoms with Gasteiger partial charge in [-0.2, -0.15) is 13.2 Å². The van der Waals surface area contributed by atoms with Crippen molar-refractivity contribution in [3.63, 3.8) is 0 Å². The third-order valence-corrected chi connectivity index (χ3v) is 3.46. The summed E-state index contributed by atoms with van der Waals surface area (Å²) in [4.78, 5) is 1.98. The summed E-state index contributed by atoms with van der Waals surface area (Å²) in [7, 11) is 0. The molecular formula is C11H20F3N. The molecule has 0 aromatic rings. The van der Waals surface area contributed by atoms with Crippen LogP contribution >= 0.6 is 0 Å². The second-order valence-electron chi connectivity index (χ2n) is 4.86. The molecule has 0 aromatic heterocycles. The maximum Gasteiger partial charge on any atom is 0.393 e. The topological polar surface area (TPSA) is 3.24 Å². The van der Waals surface area contributed by atoms with Crippen LogP contribution in [0.3, 0.4) is 0 Å². The number of halogens is 3. The Bertz CT molecular complexity index is 200. The van der Waals surface area contributed by atoms with Gasteiger partial charge in [0.25, 0.3) is 0 Å². The van der Waals surface area contributed by atoms with Gasteiger partial charge in [-0.25, -0.2) is 0 Å². The first kappa shape index (κ1) is 12.8. The first-order chi connectivity index (χ1) is 6.82. The first-order valence-corrected chi connectivity index (χ1v) is 5.63. The molecule has 1 aliphatic heterocycles. The van der Waals surface area contributed by atoms with Gasteiger partial charge in [0, 0.05) is 12.6 Å². The highest BCUT2D eigenvalue weighted by molar-refractivity contribution is 4.81. The van der Waals surface area contributed by atoms with Gasteiger partial charge < -0.3 is 0 Å². The fourth-order valence-electron chi connectivity index (χ4n) is 2.07. The summed E-state index contributed by atoms with van der Waals surface area (Å²) >= 11 is 0. The Morgan fingerprint density at radius 1 is 1.20 bits per heavy atom. The van der Waals surface area contributed by atoms with Crippen LogP contribution in [-0.4, -0.2) is 30.2 Å². The zero-order chi connectivity index (χ0) is 11.6. The Balaban J connectivity index is 2.56. The second-order valence-corrected chi connectivity index (χ2v) is 4.86. The lowest BCUT2D eigenvalue weighted by Gasteiger charge is -2.39. The van der Waals surface area contributed by atoms with Gasteiger partial charge in [-0.15, -0.1) is 0 Å². The summed E-state index contributed by atoms with van der Waals surface area (Å²) in [5, 5.41) is 0. The fourth-order valence-corrected chi connectivity index (χ4v) is 2.07. The summed E-state index contributed by atoms with van der Waals surface area (Å²) < 4.78 is 37.7. The van der Waals surface area contributed by atoms with E-state index in [9.17, 15) is 13.2 Å². The normalized spacial score (nSPS) is 27.0. The molecule has 2 atom stereocenters. The number of hydrogen-bond acceptors (Lipinski definition) is 1. The second kappa shape index (κ2) is 4.73. The Hall–Kier alpha value is -0.250. The van der Waals surface area contributed by atoms with Gasteiger partial charge in [0.2, 0.25) is 0 Å². The molecule has 0 unspecified atom stereocenters. The van der Waals surface area contributed by atoms with Crippen molar-refractivity contribution in [1.29, 1.82) is 0 Å². The van der Waals surface area contributed by atoms with E-state index in [-0.39, 0.29) is 12.6 Å². The maximum absolute atomic E-state index is 12.6. The molecular weight excluding hydrogens is 203 g/mol. The zero-order valence-electron chi connectivity index (χ0n) is 9.64. The summed E-state index contributed by atoms with van der Waals surface area (Å²) in [6.07, 6.45) is -3.05. The molecule has 0 spiro atoms. The van der Waals surface area contributed by atoms with E-state index in [0.717, 1.165) is 6.54 Å². The number of piperidine rings is 1. The molecule has 1 heterocycles. The number of hydrogen-bond donors (Lipinski definition) is 0. The molecule has 1 nitrogen and oxygen atoms in total. The van der Waals surface area contributed by atoms with Gasteiger partial charge in [-0.3, -0.25) is 4.90 Å². The van der Waals surface area contributed by atoms with E-state index in [1.807, 2.05) is 11.8 Å². The summed E-state index contributed by atoms with van der Waals surface area (Å²) in [5.74, 6) is -0.704. The molecule has 15 heavy (non-hydrogen) atoms. The Labute approximate surface area is 89.6 Å². The average Bonchev–Trinajstić information content (AvgIpc) is 2.15. The lowest BCUT2D eigenvalue weighted by atomic mass is 9.94. The maximum atomic E-state index is 12.6. The van der Waals surface area contributed by atoms with E-state index in [1.54, 1.807) is 0 Å². The standard InChI is InChI=1S/C11H20F3N/c1-8(2)9(3)15-6-4-5-10(7-15)11(12,13)14/h8-10H,4-7H2,1-3H3/t9-,10-/m0/s1. The number of likely N-dealkylation sites (tertiary alicyclic amines) is 1. The monoisotopic (exact) mass is 223 g/mol. The molecule has 0 saturated carbocycles. The molecule has 0 N–H and O–H groups in total. The molecule has 0 bridgehead atoms. The third kappa shape index (κ3) is 3.37. The van der Waals surface area contributed by atoms with E-state index >= 15 is 0 Å². The first-order valence-electron chi connectivity index (χ1n) is 5.63. The molecule has 1 saturated heterocycles. The molecule has 1 fully saturated rings. The molecule has 0 aliphatic carbocycles. The van der Waals surface area contributed by atoms with Crippen LogP contribution in [0.2, 0.25) is 0 Å². The molecule has 1 aliphatic rings. The highest BCUT2D eigenvalue weighted by Crippen LogP contribution is 2.34. The number of nitrogens with zero attached hydrogens (tertiary/aromatic N) is 1. The van der Waals surface area contributed by atoms with E-state index in [4.69, 9.17) is 0 Å².